The number of aromatic nitrogens is 1. The number of rotatable bonds is 5. The molecule has 0 aromatic carbocycles. The van der Waals surface area contributed by atoms with Gasteiger partial charge in [0.15, 0.2) is 5.76 Å². The van der Waals surface area contributed by atoms with Crippen molar-refractivity contribution in [2.24, 2.45) is 0 Å². The normalized spacial score (nSPS) is 18.8. The maximum Gasteiger partial charge on any atom is 0.334 e. The van der Waals surface area contributed by atoms with Gasteiger partial charge in [0.25, 0.3) is 0 Å². The van der Waals surface area contributed by atoms with Crippen LogP contribution in [0.5, 0.6) is 0 Å². The van der Waals surface area contributed by atoms with Crippen LogP contribution in [0.1, 0.15) is 43.6 Å². The predicted octanol–water partition coefficient (Wildman–Crippen LogP) is 2.16. The van der Waals surface area contributed by atoms with Crippen molar-refractivity contribution in [1.29, 1.82) is 0 Å². The third-order valence-electron chi connectivity index (χ3n) is 4.17. The molecule has 4 amide bonds. The van der Waals surface area contributed by atoms with Gasteiger partial charge in [-0.25, -0.2) is 9.69 Å². The van der Waals surface area contributed by atoms with E-state index < -0.39 is 17.8 Å². The molecule has 0 spiro atoms. The second kappa shape index (κ2) is 6.36. The lowest BCUT2D eigenvalue weighted by Crippen LogP contribution is -2.33. The average Bonchev–Trinajstić information content (AvgIpc) is 3.05. The van der Waals surface area contributed by atoms with Gasteiger partial charge in [0.1, 0.15) is 0 Å². The lowest BCUT2D eigenvalue weighted by molar-refractivity contribution is -0.143. The molecule has 0 saturated carbocycles. The van der Waals surface area contributed by atoms with Crippen molar-refractivity contribution < 1.29 is 18.9 Å². The molecule has 23 heavy (non-hydrogen) atoms. The smallest absolute Gasteiger partial charge is 0.334 e. The molecule has 2 heterocycles. The summed E-state index contributed by atoms with van der Waals surface area (Å²) in [7, 11) is 0. The Kier molecular flexibility index (Phi) is 4.27. The van der Waals surface area contributed by atoms with Crippen molar-refractivity contribution >= 4 is 17.8 Å². The van der Waals surface area contributed by atoms with Crippen LogP contribution in [0.25, 0.3) is 0 Å². The van der Waals surface area contributed by atoms with E-state index in [1.807, 2.05) is 0 Å². The lowest BCUT2D eigenvalue weighted by Gasteiger charge is -2.17. The molecule has 1 aliphatic heterocycles. The van der Waals surface area contributed by atoms with Crippen molar-refractivity contribution in [3.8, 4) is 0 Å². The van der Waals surface area contributed by atoms with Gasteiger partial charge in [0.05, 0.1) is 12.2 Å². The van der Waals surface area contributed by atoms with Crippen molar-refractivity contribution in [2.75, 3.05) is 6.54 Å². The fraction of sp³-hybridized carbons (Fsp3) is 0.500. The molecular weight excluding hydrogens is 298 g/mol. The third-order valence-corrected chi connectivity index (χ3v) is 4.17. The highest BCUT2D eigenvalue weighted by molar-refractivity contribution is 6.44. The summed E-state index contributed by atoms with van der Waals surface area (Å²) in [5, 5.41) is 3.71. The first kappa shape index (κ1) is 15.5. The minimum atomic E-state index is -0.804. The summed E-state index contributed by atoms with van der Waals surface area (Å²) in [5.74, 6) is -1.18. The van der Waals surface area contributed by atoms with Crippen LogP contribution in [0.2, 0.25) is 0 Å². The van der Waals surface area contributed by atoms with Crippen molar-refractivity contribution in [2.45, 2.75) is 45.6 Å². The van der Waals surface area contributed by atoms with Crippen LogP contribution in [0, 0.1) is 6.92 Å². The fourth-order valence-corrected chi connectivity index (χ4v) is 2.92. The average molecular weight is 317 g/mol. The SMILES string of the molecule is Cc1cc(CN2C(=O)C(=O)N(CCC3=CCCCC3)C2=O)on1. The predicted molar refractivity (Wildman–Crippen MR) is 80.1 cm³/mol. The zero-order valence-electron chi connectivity index (χ0n) is 13.1. The fourth-order valence-electron chi connectivity index (χ4n) is 2.92. The molecule has 3 rings (SSSR count). The van der Waals surface area contributed by atoms with Crippen LogP contribution in [-0.2, 0) is 16.1 Å². The molecule has 1 saturated heterocycles. The standard InChI is InChI=1S/C16H19N3O4/c1-11-9-13(23-17-11)10-19-15(21)14(20)18(16(19)22)8-7-12-5-3-2-4-6-12/h5,9H,2-4,6-8,10H2,1H3. The number of allylic oxidation sites excluding steroid dienone is 1. The molecule has 0 unspecified atom stereocenters. The van der Waals surface area contributed by atoms with Gasteiger partial charge >= 0.3 is 17.8 Å². The molecule has 1 fully saturated rings. The first-order valence-electron chi connectivity index (χ1n) is 7.83. The monoisotopic (exact) mass is 317 g/mol. The van der Waals surface area contributed by atoms with Gasteiger partial charge in [-0.15, -0.1) is 0 Å². The summed E-state index contributed by atoms with van der Waals surface area (Å²) in [5.41, 5.74) is 1.92. The van der Waals surface area contributed by atoms with E-state index >= 15 is 0 Å². The summed E-state index contributed by atoms with van der Waals surface area (Å²) in [6.07, 6.45) is 7.20. The quantitative estimate of drug-likeness (QED) is 0.472. The maximum atomic E-state index is 12.3. The molecule has 2 aliphatic rings. The zero-order chi connectivity index (χ0) is 16.4. The van der Waals surface area contributed by atoms with Crippen molar-refractivity contribution in [3.63, 3.8) is 0 Å². The first-order valence-corrected chi connectivity index (χ1v) is 7.83. The highest BCUT2D eigenvalue weighted by Gasteiger charge is 2.44. The number of hydrogen-bond acceptors (Lipinski definition) is 5. The summed E-state index contributed by atoms with van der Waals surface area (Å²) in [6, 6.07) is 1.06. The topological polar surface area (TPSA) is 83.7 Å². The van der Waals surface area contributed by atoms with E-state index in [0.717, 1.165) is 29.1 Å². The Labute approximate surface area is 133 Å². The van der Waals surface area contributed by atoms with E-state index in [9.17, 15) is 14.4 Å². The number of hydrogen-bond donors (Lipinski definition) is 0. The molecule has 1 aliphatic carbocycles. The number of amides is 4. The lowest BCUT2D eigenvalue weighted by atomic mass is 9.97. The van der Waals surface area contributed by atoms with Gasteiger partial charge in [-0.3, -0.25) is 14.5 Å². The number of carbonyl (C=O) groups excluding carboxylic acids is 3. The van der Waals surface area contributed by atoms with Crippen LogP contribution in [0.3, 0.4) is 0 Å². The maximum absolute atomic E-state index is 12.3. The van der Waals surface area contributed by atoms with Gasteiger partial charge in [0.2, 0.25) is 0 Å². The van der Waals surface area contributed by atoms with Crippen LogP contribution in [0.4, 0.5) is 4.79 Å². The van der Waals surface area contributed by atoms with Crippen LogP contribution < -0.4 is 0 Å². The van der Waals surface area contributed by atoms with Crippen molar-refractivity contribution in [1.82, 2.24) is 15.0 Å². The van der Waals surface area contributed by atoms with E-state index in [0.29, 0.717) is 17.9 Å². The number of carbonyl (C=O) groups is 3. The Hall–Kier alpha value is -2.44. The highest BCUT2D eigenvalue weighted by Crippen LogP contribution is 2.22. The van der Waals surface area contributed by atoms with Gasteiger partial charge in [-0.1, -0.05) is 16.8 Å². The van der Waals surface area contributed by atoms with E-state index in [4.69, 9.17) is 4.52 Å². The van der Waals surface area contributed by atoms with E-state index in [1.54, 1.807) is 13.0 Å². The van der Waals surface area contributed by atoms with E-state index in [1.165, 1.54) is 12.0 Å². The van der Waals surface area contributed by atoms with Crippen molar-refractivity contribution in [3.05, 3.63) is 29.2 Å². The third kappa shape index (κ3) is 3.18. The molecule has 0 atom stereocenters. The number of imide groups is 2. The summed E-state index contributed by atoms with van der Waals surface area (Å²) >= 11 is 0. The Morgan fingerprint density at radius 2 is 1.96 bits per heavy atom. The molecule has 1 aromatic rings. The molecule has 7 nitrogen and oxygen atoms in total. The largest absolute Gasteiger partial charge is 0.359 e. The Bertz CT molecular complexity index is 677. The summed E-state index contributed by atoms with van der Waals surface area (Å²) in [6.45, 7) is 1.93. The van der Waals surface area contributed by atoms with E-state index in [-0.39, 0.29) is 13.1 Å². The molecule has 0 radical (unpaired) electrons. The number of urea groups is 1. The van der Waals surface area contributed by atoms with Crippen LogP contribution in [-0.4, -0.2) is 39.3 Å². The first-order chi connectivity index (χ1) is 11.1. The summed E-state index contributed by atoms with van der Waals surface area (Å²) < 4.78 is 5.01. The minimum Gasteiger partial charge on any atom is -0.359 e. The second-order valence-corrected chi connectivity index (χ2v) is 5.92. The number of aryl methyl sites for hydroxylation is 1. The van der Waals surface area contributed by atoms with Gasteiger partial charge in [-0.05, 0) is 39.0 Å². The molecule has 1 aromatic heterocycles. The highest BCUT2D eigenvalue weighted by atomic mass is 16.5. The Balaban J connectivity index is 1.65. The molecule has 0 N–H and O–H groups in total. The van der Waals surface area contributed by atoms with Gasteiger partial charge in [0, 0.05) is 12.6 Å². The van der Waals surface area contributed by atoms with Crippen LogP contribution in [0.15, 0.2) is 22.2 Å². The van der Waals surface area contributed by atoms with E-state index in [2.05, 4.69) is 11.2 Å². The molecule has 7 heteroatoms. The van der Waals surface area contributed by atoms with Gasteiger partial charge in [-0.2, -0.15) is 0 Å². The Morgan fingerprint density at radius 1 is 1.17 bits per heavy atom. The van der Waals surface area contributed by atoms with Crippen LogP contribution >= 0.6 is 0 Å². The minimum absolute atomic E-state index is 0.0660. The Morgan fingerprint density at radius 3 is 2.61 bits per heavy atom. The van der Waals surface area contributed by atoms with Gasteiger partial charge < -0.3 is 4.52 Å². The second-order valence-electron chi connectivity index (χ2n) is 5.92. The molecule has 122 valence electrons. The zero-order valence-corrected chi connectivity index (χ0v) is 13.1. The summed E-state index contributed by atoms with van der Waals surface area (Å²) in [4.78, 5) is 38.3. The molecular formula is C16H19N3O4. The number of nitrogens with zero attached hydrogens (tertiary/aromatic N) is 3. The molecule has 0 bridgehead atoms.